The monoisotopic (exact) mass is 181 g/mol. The summed E-state index contributed by atoms with van der Waals surface area (Å²) in [6, 6.07) is 5.97. The molecule has 0 saturated heterocycles. The molecule has 1 aromatic rings. The molecule has 0 aliphatic rings. The first kappa shape index (κ1) is 8.75. The van der Waals surface area contributed by atoms with Crippen LogP contribution in [0.3, 0.4) is 0 Å². The van der Waals surface area contributed by atoms with Crippen LogP contribution >= 0.6 is 0 Å². The SMILES string of the molecule is [C-]#[N+]c1cccc(S(C)(=O)=O)c1. The molecule has 0 heterocycles. The zero-order chi connectivity index (χ0) is 9.19. The first-order valence-electron chi connectivity index (χ1n) is 3.21. The van der Waals surface area contributed by atoms with E-state index < -0.39 is 9.84 Å². The molecule has 0 unspecified atom stereocenters. The molecule has 1 rings (SSSR count). The molecule has 0 radical (unpaired) electrons. The second-order valence-electron chi connectivity index (χ2n) is 2.38. The maximum Gasteiger partial charge on any atom is 0.188 e. The van der Waals surface area contributed by atoms with Gasteiger partial charge in [-0.3, -0.25) is 0 Å². The third kappa shape index (κ3) is 1.83. The van der Waals surface area contributed by atoms with Gasteiger partial charge in [0.1, 0.15) is 0 Å². The maximum absolute atomic E-state index is 11.0. The lowest BCUT2D eigenvalue weighted by Gasteiger charge is -1.96. The normalized spacial score (nSPS) is 10.7. The van der Waals surface area contributed by atoms with E-state index in [1.165, 1.54) is 12.1 Å². The average molecular weight is 181 g/mol. The van der Waals surface area contributed by atoms with Gasteiger partial charge in [-0.1, -0.05) is 12.1 Å². The van der Waals surface area contributed by atoms with Crippen molar-refractivity contribution in [3.05, 3.63) is 35.7 Å². The first-order valence-corrected chi connectivity index (χ1v) is 5.11. The molecule has 0 aromatic heterocycles. The van der Waals surface area contributed by atoms with Crippen LogP contribution in [0.4, 0.5) is 5.69 Å². The molecule has 4 heteroatoms. The van der Waals surface area contributed by atoms with Crippen molar-refractivity contribution in [1.29, 1.82) is 0 Å². The molecule has 0 amide bonds. The Bertz CT molecular complexity index is 429. The largest absolute Gasteiger partial charge is 0.238 e. The minimum absolute atomic E-state index is 0.191. The van der Waals surface area contributed by atoms with Gasteiger partial charge in [0.25, 0.3) is 0 Å². The lowest BCUT2D eigenvalue weighted by atomic mass is 10.3. The lowest BCUT2D eigenvalue weighted by Crippen LogP contribution is -1.95. The van der Waals surface area contributed by atoms with Gasteiger partial charge in [0.15, 0.2) is 15.5 Å². The second kappa shape index (κ2) is 2.95. The summed E-state index contributed by atoms with van der Waals surface area (Å²) in [4.78, 5) is 3.32. The molecule has 1 aromatic carbocycles. The van der Waals surface area contributed by atoms with Crippen LogP contribution < -0.4 is 0 Å². The Morgan fingerprint density at radius 1 is 1.42 bits per heavy atom. The summed E-state index contributed by atoms with van der Waals surface area (Å²) in [6.07, 6.45) is 1.12. The molecule has 0 aliphatic carbocycles. The number of rotatable bonds is 1. The molecule has 0 fully saturated rings. The topological polar surface area (TPSA) is 38.5 Å². The lowest BCUT2D eigenvalue weighted by molar-refractivity contribution is 0.602. The Hall–Kier alpha value is -1.34. The number of sulfone groups is 1. The molecule has 0 aliphatic heterocycles. The van der Waals surface area contributed by atoms with Crippen LogP contribution in [-0.4, -0.2) is 14.7 Å². The van der Waals surface area contributed by atoms with E-state index >= 15 is 0 Å². The van der Waals surface area contributed by atoms with Gasteiger partial charge in [0.2, 0.25) is 0 Å². The summed E-state index contributed by atoms with van der Waals surface area (Å²) in [5.41, 5.74) is 0.345. The highest BCUT2D eigenvalue weighted by atomic mass is 32.2. The van der Waals surface area contributed by atoms with Gasteiger partial charge in [-0.25, -0.2) is 13.3 Å². The minimum atomic E-state index is -3.18. The van der Waals surface area contributed by atoms with E-state index in [1.807, 2.05) is 0 Å². The summed E-state index contributed by atoms with van der Waals surface area (Å²) in [6.45, 7) is 6.68. The van der Waals surface area contributed by atoms with Crippen LogP contribution in [0.25, 0.3) is 4.85 Å². The zero-order valence-electron chi connectivity index (χ0n) is 6.48. The highest BCUT2D eigenvalue weighted by Gasteiger charge is 2.05. The van der Waals surface area contributed by atoms with Crippen LogP contribution in [0.2, 0.25) is 0 Å². The van der Waals surface area contributed by atoms with E-state index in [1.54, 1.807) is 12.1 Å². The van der Waals surface area contributed by atoms with Crippen molar-refractivity contribution in [3.63, 3.8) is 0 Å². The van der Waals surface area contributed by atoms with E-state index in [-0.39, 0.29) is 4.90 Å². The number of hydrogen-bond donors (Lipinski definition) is 0. The van der Waals surface area contributed by atoms with Crippen LogP contribution in [0.1, 0.15) is 0 Å². The van der Waals surface area contributed by atoms with E-state index in [2.05, 4.69) is 4.85 Å². The molecule has 0 bridgehead atoms. The zero-order valence-corrected chi connectivity index (χ0v) is 7.30. The number of benzene rings is 1. The average Bonchev–Trinajstić information content (AvgIpc) is 2.03. The summed E-state index contributed by atoms with van der Waals surface area (Å²) in [5, 5.41) is 0. The highest BCUT2D eigenvalue weighted by Crippen LogP contribution is 2.17. The Balaban J connectivity index is 3.32. The smallest absolute Gasteiger partial charge is 0.188 e. The van der Waals surface area contributed by atoms with Crippen LogP contribution in [0, 0.1) is 6.57 Å². The van der Waals surface area contributed by atoms with Crippen molar-refractivity contribution >= 4 is 15.5 Å². The second-order valence-corrected chi connectivity index (χ2v) is 4.40. The molecule has 0 N–H and O–H groups in total. The third-order valence-corrected chi connectivity index (χ3v) is 2.49. The number of nitrogens with zero attached hydrogens (tertiary/aromatic N) is 1. The first-order chi connectivity index (χ1) is 5.54. The summed E-state index contributed by atoms with van der Waals surface area (Å²) >= 11 is 0. The molecule has 0 saturated carbocycles. The molecule has 62 valence electrons. The fraction of sp³-hybridized carbons (Fsp3) is 0.125. The van der Waals surface area contributed by atoms with Gasteiger partial charge >= 0.3 is 0 Å². The van der Waals surface area contributed by atoms with Crippen LogP contribution in [-0.2, 0) is 9.84 Å². The van der Waals surface area contributed by atoms with Gasteiger partial charge in [0.05, 0.1) is 11.5 Å². The van der Waals surface area contributed by atoms with Gasteiger partial charge in [-0.2, -0.15) is 0 Å². The Kier molecular flexibility index (Phi) is 2.15. The van der Waals surface area contributed by atoms with Gasteiger partial charge < -0.3 is 0 Å². The standard InChI is InChI=1S/C8H7NO2S/c1-9-7-4-3-5-8(6-7)12(2,10)11/h3-6H,2H3. The van der Waals surface area contributed by atoms with Gasteiger partial charge in [0, 0.05) is 6.26 Å². The third-order valence-electron chi connectivity index (χ3n) is 1.37. The Labute approximate surface area is 71.4 Å². The Morgan fingerprint density at radius 3 is 2.58 bits per heavy atom. The molecule has 0 atom stereocenters. The van der Waals surface area contributed by atoms with E-state index in [9.17, 15) is 8.42 Å². The fourth-order valence-corrected chi connectivity index (χ4v) is 1.44. The fourth-order valence-electron chi connectivity index (χ4n) is 0.784. The summed E-state index contributed by atoms with van der Waals surface area (Å²) in [5.74, 6) is 0. The van der Waals surface area contributed by atoms with E-state index in [4.69, 9.17) is 6.57 Å². The van der Waals surface area contributed by atoms with Crippen molar-refractivity contribution in [2.75, 3.05) is 6.26 Å². The molecular weight excluding hydrogens is 174 g/mol. The molecule has 0 spiro atoms. The Morgan fingerprint density at radius 2 is 2.08 bits per heavy atom. The van der Waals surface area contributed by atoms with Crippen LogP contribution in [0.15, 0.2) is 29.2 Å². The van der Waals surface area contributed by atoms with Crippen molar-refractivity contribution in [1.82, 2.24) is 0 Å². The minimum Gasteiger partial charge on any atom is -0.238 e. The van der Waals surface area contributed by atoms with E-state index in [0.717, 1.165) is 6.26 Å². The van der Waals surface area contributed by atoms with Crippen LogP contribution in [0.5, 0.6) is 0 Å². The highest BCUT2D eigenvalue weighted by molar-refractivity contribution is 7.90. The molecule has 3 nitrogen and oxygen atoms in total. The van der Waals surface area contributed by atoms with Crippen molar-refractivity contribution in [2.24, 2.45) is 0 Å². The van der Waals surface area contributed by atoms with Gasteiger partial charge in [-0.05, 0) is 12.1 Å². The summed E-state index contributed by atoms with van der Waals surface area (Å²) in [7, 11) is -3.18. The number of hydrogen-bond acceptors (Lipinski definition) is 2. The maximum atomic E-state index is 11.0. The predicted molar refractivity (Wildman–Crippen MR) is 45.8 cm³/mol. The van der Waals surface area contributed by atoms with Crippen molar-refractivity contribution in [2.45, 2.75) is 4.90 Å². The van der Waals surface area contributed by atoms with Gasteiger partial charge in [-0.15, -0.1) is 0 Å². The molecular formula is C8H7NO2S. The quantitative estimate of drug-likeness (QED) is 0.618. The van der Waals surface area contributed by atoms with E-state index in [0.29, 0.717) is 5.69 Å². The predicted octanol–water partition coefficient (Wildman–Crippen LogP) is 1.64. The summed E-state index contributed by atoms with van der Waals surface area (Å²) < 4.78 is 22.0. The van der Waals surface area contributed by atoms with Crippen molar-refractivity contribution < 1.29 is 8.42 Å². The van der Waals surface area contributed by atoms with Crippen molar-refractivity contribution in [3.8, 4) is 0 Å². The molecule has 12 heavy (non-hydrogen) atoms.